The second-order valence-electron chi connectivity index (χ2n) is 7.58. The Labute approximate surface area is 198 Å². The molecule has 176 valence electrons. The summed E-state index contributed by atoms with van der Waals surface area (Å²) in [6, 6.07) is 19.5. The highest BCUT2D eigenvalue weighted by Crippen LogP contribution is 2.33. The van der Waals surface area contributed by atoms with E-state index in [4.69, 9.17) is 4.98 Å². The summed E-state index contributed by atoms with van der Waals surface area (Å²) in [5.74, 6) is -0.112. The molecule has 4 aromatic rings. The SMILES string of the molecule is CCn1c(SC(C)C(=O)NCC(F)(F)F)nnc1-c1cc(-c2ccccc2)nc2ccccc12. The number of halogens is 3. The van der Waals surface area contributed by atoms with E-state index in [0.717, 1.165) is 39.5 Å². The smallest absolute Gasteiger partial charge is 0.346 e. The van der Waals surface area contributed by atoms with Gasteiger partial charge in [0.05, 0.1) is 16.5 Å². The number of fused-ring (bicyclic) bond motifs is 1. The molecule has 0 bridgehead atoms. The zero-order chi connectivity index (χ0) is 24.3. The van der Waals surface area contributed by atoms with E-state index in [9.17, 15) is 18.0 Å². The Balaban J connectivity index is 1.70. The molecule has 2 aromatic carbocycles. The van der Waals surface area contributed by atoms with Crippen LogP contribution in [0.15, 0.2) is 65.8 Å². The van der Waals surface area contributed by atoms with Gasteiger partial charge in [0.15, 0.2) is 11.0 Å². The summed E-state index contributed by atoms with van der Waals surface area (Å²) >= 11 is 1.07. The Morgan fingerprint density at radius 1 is 1.09 bits per heavy atom. The third kappa shape index (κ3) is 5.22. The summed E-state index contributed by atoms with van der Waals surface area (Å²) < 4.78 is 39.2. The molecule has 1 N–H and O–H groups in total. The second kappa shape index (κ2) is 9.84. The van der Waals surface area contributed by atoms with Crippen molar-refractivity contribution in [2.45, 2.75) is 37.0 Å². The van der Waals surface area contributed by atoms with Crippen LogP contribution >= 0.6 is 11.8 Å². The largest absolute Gasteiger partial charge is 0.405 e. The lowest BCUT2D eigenvalue weighted by molar-refractivity contribution is -0.137. The Morgan fingerprint density at radius 3 is 2.50 bits per heavy atom. The van der Waals surface area contributed by atoms with E-state index in [1.807, 2.05) is 77.5 Å². The number of para-hydroxylation sites is 1. The van der Waals surface area contributed by atoms with Gasteiger partial charge in [-0.2, -0.15) is 13.2 Å². The molecule has 34 heavy (non-hydrogen) atoms. The summed E-state index contributed by atoms with van der Waals surface area (Å²) in [5, 5.41) is 11.1. The minimum absolute atomic E-state index is 0.453. The van der Waals surface area contributed by atoms with Crippen molar-refractivity contribution in [3.8, 4) is 22.6 Å². The molecule has 1 amide bonds. The van der Waals surface area contributed by atoms with E-state index in [2.05, 4.69) is 10.2 Å². The number of hydrogen-bond acceptors (Lipinski definition) is 5. The van der Waals surface area contributed by atoms with Crippen molar-refractivity contribution in [1.29, 1.82) is 0 Å². The van der Waals surface area contributed by atoms with E-state index in [-0.39, 0.29) is 0 Å². The van der Waals surface area contributed by atoms with Crippen LogP contribution in [0, 0.1) is 0 Å². The van der Waals surface area contributed by atoms with Gasteiger partial charge in [0.2, 0.25) is 5.91 Å². The minimum atomic E-state index is -4.46. The standard InChI is InChI=1S/C24H22F3N5OS/c1-3-32-21(30-31-23(32)34-15(2)22(33)28-14-24(25,26)27)18-13-20(16-9-5-4-6-10-16)29-19-12-8-7-11-17(18)19/h4-13,15H,3,14H2,1-2H3,(H,28,33). The average molecular weight is 486 g/mol. The lowest BCUT2D eigenvalue weighted by Gasteiger charge is -2.14. The molecule has 6 nitrogen and oxygen atoms in total. The van der Waals surface area contributed by atoms with Crippen LogP contribution in [-0.4, -0.2) is 43.6 Å². The predicted octanol–water partition coefficient (Wildman–Crippen LogP) is 5.34. The van der Waals surface area contributed by atoms with E-state index in [1.165, 1.54) is 0 Å². The summed E-state index contributed by atoms with van der Waals surface area (Å²) in [7, 11) is 0. The first-order chi connectivity index (χ1) is 16.3. The lowest BCUT2D eigenvalue weighted by atomic mass is 10.0. The van der Waals surface area contributed by atoms with Crippen molar-refractivity contribution < 1.29 is 18.0 Å². The molecule has 0 spiro atoms. The Bertz CT molecular complexity index is 1310. The van der Waals surface area contributed by atoms with Crippen molar-refractivity contribution in [3.63, 3.8) is 0 Å². The molecule has 0 aliphatic carbocycles. The van der Waals surface area contributed by atoms with Crippen LogP contribution < -0.4 is 5.32 Å². The maximum absolute atomic E-state index is 12.4. The van der Waals surface area contributed by atoms with Crippen LogP contribution in [0.4, 0.5) is 13.2 Å². The van der Waals surface area contributed by atoms with Crippen molar-refractivity contribution >= 4 is 28.6 Å². The van der Waals surface area contributed by atoms with Crippen LogP contribution in [-0.2, 0) is 11.3 Å². The van der Waals surface area contributed by atoms with Gasteiger partial charge in [-0.15, -0.1) is 10.2 Å². The van der Waals surface area contributed by atoms with Gasteiger partial charge in [-0.25, -0.2) is 4.98 Å². The van der Waals surface area contributed by atoms with Crippen LogP contribution in [0.1, 0.15) is 13.8 Å². The molecule has 2 aromatic heterocycles. The molecule has 4 rings (SSSR count). The third-order valence-electron chi connectivity index (χ3n) is 5.17. The highest BCUT2D eigenvalue weighted by atomic mass is 32.2. The first kappa shape index (κ1) is 23.7. The number of benzene rings is 2. The number of amides is 1. The van der Waals surface area contributed by atoms with Crippen molar-refractivity contribution in [2.75, 3.05) is 6.54 Å². The number of carbonyl (C=O) groups is 1. The maximum atomic E-state index is 12.4. The monoisotopic (exact) mass is 485 g/mol. The Morgan fingerprint density at radius 2 is 1.79 bits per heavy atom. The van der Waals surface area contributed by atoms with Crippen molar-refractivity contribution in [1.82, 2.24) is 25.1 Å². The summed E-state index contributed by atoms with van der Waals surface area (Å²) in [4.78, 5) is 16.9. The van der Waals surface area contributed by atoms with Crippen LogP contribution in [0.5, 0.6) is 0 Å². The number of alkyl halides is 3. The first-order valence-corrected chi connectivity index (χ1v) is 11.5. The van der Waals surface area contributed by atoms with E-state index < -0.39 is 23.9 Å². The minimum Gasteiger partial charge on any atom is -0.346 e. The van der Waals surface area contributed by atoms with E-state index in [1.54, 1.807) is 6.92 Å². The summed E-state index contributed by atoms with van der Waals surface area (Å²) in [6.45, 7) is 2.61. The number of nitrogens with zero attached hydrogens (tertiary/aromatic N) is 4. The maximum Gasteiger partial charge on any atom is 0.405 e. The predicted molar refractivity (Wildman–Crippen MR) is 126 cm³/mol. The fraction of sp³-hybridized carbons (Fsp3) is 0.250. The second-order valence-corrected chi connectivity index (χ2v) is 8.89. The molecule has 0 aliphatic rings. The average Bonchev–Trinajstić information content (AvgIpc) is 3.24. The quantitative estimate of drug-likeness (QED) is 0.358. The molecular formula is C24H22F3N5OS. The highest BCUT2D eigenvalue weighted by molar-refractivity contribution is 8.00. The van der Waals surface area contributed by atoms with Crippen LogP contribution in [0.25, 0.3) is 33.5 Å². The number of hydrogen-bond donors (Lipinski definition) is 1. The highest BCUT2D eigenvalue weighted by Gasteiger charge is 2.29. The van der Waals surface area contributed by atoms with Gasteiger partial charge in [-0.3, -0.25) is 4.79 Å². The fourth-order valence-corrected chi connectivity index (χ4v) is 4.46. The fourth-order valence-electron chi connectivity index (χ4n) is 3.52. The van der Waals surface area contributed by atoms with E-state index >= 15 is 0 Å². The molecule has 10 heteroatoms. The van der Waals surface area contributed by atoms with Gasteiger partial charge in [0, 0.05) is 23.1 Å². The molecule has 0 aliphatic heterocycles. The molecule has 0 fully saturated rings. The van der Waals surface area contributed by atoms with Gasteiger partial charge in [-0.1, -0.05) is 60.3 Å². The Kier molecular flexibility index (Phi) is 6.87. The van der Waals surface area contributed by atoms with E-state index in [0.29, 0.717) is 17.5 Å². The molecule has 0 saturated heterocycles. The Hall–Kier alpha value is -3.40. The third-order valence-corrected chi connectivity index (χ3v) is 6.25. The molecule has 1 atom stereocenters. The van der Waals surface area contributed by atoms with Crippen LogP contribution in [0.3, 0.4) is 0 Å². The van der Waals surface area contributed by atoms with Crippen molar-refractivity contribution in [3.05, 3.63) is 60.7 Å². The van der Waals surface area contributed by atoms with Gasteiger partial charge in [0.1, 0.15) is 6.54 Å². The topological polar surface area (TPSA) is 72.7 Å². The van der Waals surface area contributed by atoms with Crippen LogP contribution in [0.2, 0.25) is 0 Å². The number of aromatic nitrogens is 4. The molecule has 0 saturated carbocycles. The van der Waals surface area contributed by atoms with Gasteiger partial charge in [0.25, 0.3) is 0 Å². The lowest BCUT2D eigenvalue weighted by Crippen LogP contribution is -2.38. The summed E-state index contributed by atoms with van der Waals surface area (Å²) in [6.07, 6.45) is -4.46. The number of thioether (sulfide) groups is 1. The van der Waals surface area contributed by atoms with Gasteiger partial charge in [-0.05, 0) is 26.0 Å². The first-order valence-electron chi connectivity index (χ1n) is 10.7. The summed E-state index contributed by atoms with van der Waals surface area (Å²) in [5.41, 5.74) is 3.38. The number of pyridine rings is 1. The van der Waals surface area contributed by atoms with Gasteiger partial charge >= 0.3 is 6.18 Å². The zero-order valence-corrected chi connectivity index (χ0v) is 19.3. The van der Waals surface area contributed by atoms with Crippen molar-refractivity contribution in [2.24, 2.45) is 0 Å². The molecule has 1 unspecified atom stereocenters. The molecule has 2 heterocycles. The molecular weight excluding hydrogens is 463 g/mol. The number of rotatable bonds is 7. The normalized spacial score (nSPS) is 12.6. The molecule has 0 radical (unpaired) electrons. The van der Waals surface area contributed by atoms with Gasteiger partial charge < -0.3 is 9.88 Å². The number of carbonyl (C=O) groups excluding carboxylic acids is 1. The number of nitrogens with one attached hydrogen (secondary N) is 1. The zero-order valence-electron chi connectivity index (χ0n) is 18.5.